The van der Waals surface area contributed by atoms with Crippen LogP contribution in [-0.2, 0) is 13.2 Å². The Balaban J connectivity index is 2.24. The Hall–Kier alpha value is -1.23. The average Bonchev–Trinajstić information content (AvgIpc) is 2.89. The smallest absolute Gasteiger partial charge is 0.167 e. The Labute approximate surface area is 115 Å². The quantitative estimate of drug-likeness (QED) is 0.913. The molecule has 96 valence electrons. The van der Waals surface area contributed by atoms with Gasteiger partial charge >= 0.3 is 0 Å². The third kappa shape index (κ3) is 2.96. The number of benzene rings is 1. The van der Waals surface area contributed by atoms with Crippen molar-refractivity contribution in [3.8, 4) is 11.5 Å². The minimum absolute atomic E-state index is 0.142. The Kier molecular flexibility index (Phi) is 4.47. The number of methoxy groups -OCH3 is 1. The molecule has 0 spiro atoms. The first-order valence-electron chi connectivity index (χ1n) is 5.37. The van der Waals surface area contributed by atoms with Crippen molar-refractivity contribution in [2.24, 2.45) is 0 Å². The van der Waals surface area contributed by atoms with Crippen LogP contribution < -0.4 is 9.47 Å². The van der Waals surface area contributed by atoms with Gasteiger partial charge in [-0.3, -0.25) is 0 Å². The van der Waals surface area contributed by atoms with Crippen LogP contribution in [0.4, 0.5) is 0 Å². The van der Waals surface area contributed by atoms with E-state index in [2.05, 4.69) is 0 Å². The first-order chi connectivity index (χ1) is 8.74. The second-order valence-electron chi connectivity index (χ2n) is 3.62. The number of halogens is 1. The summed E-state index contributed by atoms with van der Waals surface area (Å²) in [6.45, 7) is 0.305. The molecule has 0 unspecified atom stereocenters. The third-order valence-electron chi connectivity index (χ3n) is 2.43. The van der Waals surface area contributed by atoms with Crippen molar-refractivity contribution in [2.75, 3.05) is 7.11 Å². The molecule has 2 aromatic rings. The lowest BCUT2D eigenvalue weighted by Gasteiger charge is -2.14. The van der Waals surface area contributed by atoms with Crippen LogP contribution in [0.3, 0.4) is 0 Å². The topological polar surface area (TPSA) is 38.7 Å². The van der Waals surface area contributed by atoms with E-state index in [0.717, 1.165) is 4.88 Å². The zero-order valence-corrected chi connectivity index (χ0v) is 11.4. The SMILES string of the molecule is COc1cc(Cl)cc(CO)c1OCc1cccs1. The summed E-state index contributed by atoms with van der Waals surface area (Å²) in [5.41, 5.74) is 0.621. The zero-order chi connectivity index (χ0) is 13.0. The molecular formula is C13H13ClO3S. The highest BCUT2D eigenvalue weighted by atomic mass is 35.5. The van der Waals surface area contributed by atoms with Gasteiger partial charge in [-0.15, -0.1) is 11.3 Å². The van der Waals surface area contributed by atoms with Gasteiger partial charge in [-0.05, 0) is 17.5 Å². The number of hydrogen-bond donors (Lipinski definition) is 1. The van der Waals surface area contributed by atoms with Crippen molar-refractivity contribution in [1.82, 2.24) is 0 Å². The van der Waals surface area contributed by atoms with Crippen LogP contribution in [-0.4, -0.2) is 12.2 Å². The van der Waals surface area contributed by atoms with Crippen LogP contribution in [0.2, 0.25) is 5.02 Å². The highest BCUT2D eigenvalue weighted by Gasteiger charge is 2.12. The molecule has 1 N–H and O–H groups in total. The lowest BCUT2D eigenvalue weighted by Crippen LogP contribution is -2.00. The number of rotatable bonds is 5. The van der Waals surface area contributed by atoms with Crippen LogP contribution >= 0.6 is 22.9 Å². The van der Waals surface area contributed by atoms with Crippen LogP contribution in [0, 0.1) is 0 Å². The largest absolute Gasteiger partial charge is 0.493 e. The molecule has 0 aliphatic carbocycles. The van der Waals surface area contributed by atoms with Crippen LogP contribution in [0.25, 0.3) is 0 Å². The van der Waals surface area contributed by atoms with Gasteiger partial charge in [0.05, 0.1) is 13.7 Å². The molecule has 1 heterocycles. The fourth-order valence-electron chi connectivity index (χ4n) is 1.59. The Morgan fingerprint density at radius 1 is 1.39 bits per heavy atom. The van der Waals surface area contributed by atoms with Crippen LogP contribution in [0.5, 0.6) is 11.5 Å². The van der Waals surface area contributed by atoms with E-state index in [9.17, 15) is 5.11 Å². The molecule has 2 rings (SSSR count). The van der Waals surface area contributed by atoms with Crippen LogP contribution in [0.1, 0.15) is 10.4 Å². The van der Waals surface area contributed by atoms with Crippen molar-refractivity contribution in [3.05, 3.63) is 45.1 Å². The van der Waals surface area contributed by atoms with Crippen molar-refractivity contribution in [2.45, 2.75) is 13.2 Å². The van der Waals surface area contributed by atoms with E-state index in [4.69, 9.17) is 21.1 Å². The molecule has 0 amide bonds. The van der Waals surface area contributed by atoms with E-state index >= 15 is 0 Å². The summed E-state index contributed by atoms with van der Waals surface area (Å²) in [5.74, 6) is 1.07. The predicted octanol–water partition coefficient (Wildman–Crippen LogP) is 3.48. The Morgan fingerprint density at radius 2 is 2.22 bits per heavy atom. The van der Waals surface area contributed by atoms with Crippen molar-refractivity contribution < 1.29 is 14.6 Å². The summed E-state index contributed by atoms with van der Waals surface area (Å²) < 4.78 is 10.9. The highest BCUT2D eigenvalue weighted by molar-refractivity contribution is 7.09. The molecule has 0 saturated heterocycles. The fourth-order valence-corrected chi connectivity index (χ4v) is 2.44. The summed E-state index contributed by atoms with van der Waals surface area (Å²) in [6, 6.07) is 7.30. The van der Waals surface area contributed by atoms with Gasteiger partial charge in [0.1, 0.15) is 6.61 Å². The average molecular weight is 285 g/mol. The summed E-state index contributed by atoms with van der Waals surface area (Å²) >= 11 is 7.55. The summed E-state index contributed by atoms with van der Waals surface area (Å²) in [5, 5.41) is 11.8. The molecule has 0 radical (unpaired) electrons. The number of aliphatic hydroxyl groups excluding tert-OH is 1. The molecule has 5 heteroatoms. The monoisotopic (exact) mass is 284 g/mol. The van der Waals surface area contributed by atoms with Crippen molar-refractivity contribution >= 4 is 22.9 Å². The molecule has 0 bridgehead atoms. The maximum absolute atomic E-state index is 9.33. The molecule has 1 aromatic carbocycles. The summed E-state index contributed by atoms with van der Waals surface area (Å²) in [7, 11) is 1.55. The van der Waals surface area contributed by atoms with E-state index < -0.39 is 0 Å². The van der Waals surface area contributed by atoms with E-state index in [-0.39, 0.29) is 6.61 Å². The second kappa shape index (κ2) is 6.09. The van der Waals surface area contributed by atoms with Gasteiger partial charge in [-0.25, -0.2) is 0 Å². The van der Waals surface area contributed by atoms with Gasteiger partial charge in [0.2, 0.25) is 0 Å². The minimum atomic E-state index is -0.142. The van der Waals surface area contributed by atoms with Gasteiger partial charge in [0.15, 0.2) is 11.5 Å². The Morgan fingerprint density at radius 3 is 2.83 bits per heavy atom. The molecular weight excluding hydrogens is 272 g/mol. The van der Waals surface area contributed by atoms with E-state index in [1.54, 1.807) is 30.6 Å². The van der Waals surface area contributed by atoms with E-state index in [1.807, 2.05) is 17.5 Å². The molecule has 0 atom stereocenters. The maximum Gasteiger partial charge on any atom is 0.167 e. The highest BCUT2D eigenvalue weighted by Crippen LogP contribution is 2.35. The maximum atomic E-state index is 9.33. The van der Waals surface area contributed by atoms with Crippen LogP contribution in [0.15, 0.2) is 29.6 Å². The molecule has 0 fully saturated rings. The van der Waals surface area contributed by atoms with Gasteiger partial charge < -0.3 is 14.6 Å². The lowest BCUT2D eigenvalue weighted by atomic mass is 10.2. The predicted molar refractivity (Wildman–Crippen MR) is 72.6 cm³/mol. The van der Waals surface area contributed by atoms with Gasteiger partial charge in [0.25, 0.3) is 0 Å². The van der Waals surface area contributed by atoms with Gasteiger partial charge in [-0.2, -0.15) is 0 Å². The first kappa shape index (κ1) is 13.2. The number of thiophene rings is 1. The first-order valence-corrected chi connectivity index (χ1v) is 6.62. The lowest BCUT2D eigenvalue weighted by molar-refractivity contribution is 0.251. The standard InChI is InChI=1S/C13H13ClO3S/c1-16-12-6-10(14)5-9(7-15)13(12)17-8-11-3-2-4-18-11/h2-6,15H,7-8H2,1H3. The van der Waals surface area contributed by atoms with Gasteiger partial charge in [-0.1, -0.05) is 17.7 Å². The number of hydrogen-bond acceptors (Lipinski definition) is 4. The molecule has 3 nitrogen and oxygen atoms in total. The molecule has 1 aromatic heterocycles. The fraction of sp³-hybridized carbons (Fsp3) is 0.231. The molecule has 0 aliphatic heterocycles. The number of aliphatic hydroxyl groups is 1. The van der Waals surface area contributed by atoms with Gasteiger partial charge in [0, 0.05) is 21.5 Å². The molecule has 0 aliphatic rings. The minimum Gasteiger partial charge on any atom is -0.493 e. The zero-order valence-electron chi connectivity index (χ0n) is 9.85. The molecule has 18 heavy (non-hydrogen) atoms. The van der Waals surface area contributed by atoms with Crippen molar-refractivity contribution in [3.63, 3.8) is 0 Å². The third-order valence-corrected chi connectivity index (χ3v) is 3.49. The van der Waals surface area contributed by atoms with E-state index in [0.29, 0.717) is 28.7 Å². The summed E-state index contributed by atoms with van der Waals surface area (Å²) in [6.07, 6.45) is 0. The summed E-state index contributed by atoms with van der Waals surface area (Å²) in [4.78, 5) is 1.11. The number of ether oxygens (including phenoxy) is 2. The Bertz CT molecular complexity index is 486. The second-order valence-corrected chi connectivity index (χ2v) is 5.09. The van der Waals surface area contributed by atoms with E-state index in [1.165, 1.54) is 0 Å². The molecule has 0 saturated carbocycles. The van der Waals surface area contributed by atoms with Crippen molar-refractivity contribution in [1.29, 1.82) is 0 Å². The normalized spacial score (nSPS) is 10.4.